The molecule has 2 rings (SSSR count). The summed E-state index contributed by atoms with van der Waals surface area (Å²) in [6.45, 7) is 8.33. The minimum absolute atomic E-state index is 0.111. The Morgan fingerprint density at radius 3 is 2.31 bits per heavy atom. The number of benzene rings is 2. The van der Waals surface area contributed by atoms with Crippen LogP contribution in [0.25, 0.3) is 0 Å². The van der Waals surface area contributed by atoms with Crippen LogP contribution in [0.4, 0.5) is 0 Å². The molecule has 0 radical (unpaired) electrons. The van der Waals surface area contributed by atoms with Gasteiger partial charge in [0.2, 0.25) is 11.8 Å². The summed E-state index contributed by atoms with van der Waals surface area (Å²) < 4.78 is 5.70. The van der Waals surface area contributed by atoms with Gasteiger partial charge in [-0.2, -0.15) is 0 Å². The van der Waals surface area contributed by atoms with Gasteiger partial charge in [0, 0.05) is 28.5 Å². The number of amides is 2. The zero-order valence-electron chi connectivity index (χ0n) is 19.2. The number of carbonyl (C=O) groups excluding carboxylic acids is 2. The van der Waals surface area contributed by atoms with E-state index in [-0.39, 0.29) is 24.8 Å². The molecule has 0 aromatic heterocycles. The number of hydrogen-bond acceptors (Lipinski definition) is 3. The lowest BCUT2D eigenvalue weighted by Gasteiger charge is -2.33. The Morgan fingerprint density at radius 2 is 1.72 bits per heavy atom. The first-order valence-electron chi connectivity index (χ1n) is 10.8. The minimum atomic E-state index is -0.588. The summed E-state index contributed by atoms with van der Waals surface area (Å²) in [6.07, 6.45) is 1.29. The molecule has 0 saturated heterocycles. The van der Waals surface area contributed by atoms with E-state index in [1.165, 1.54) is 0 Å². The summed E-state index contributed by atoms with van der Waals surface area (Å²) >= 11 is 12.2. The molecule has 0 aliphatic carbocycles. The normalized spacial score (nSPS) is 12.2. The van der Waals surface area contributed by atoms with Crippen LogP contribution in [0.5, 0.6) is 5.75 Å². The Kier molecular flexibility index (Phi) is 9.85. The predicted molar refractivity (Wildman–Crippen MR) is 130 cm³/mol. The third-order valence-corrected chi connectivity index (χ3v) is 5.42. The van der Waals surface area contributed by atoms with Crippen molar-refractivity contribution in [1.29, 1.82) is 0 Å². The van der Waals surface area contributed by atoms with Crippen molar-refractivity contribution in [3.05, 3.63) is 64.1 Å². The van der Waals surface area contributed by atoms with E-state index >= 15 is 0 Å². The maximum atomic E-state index is 13.2. The highest BCUT2D eigenvalue weighted by Crippen LogP contribution is 2.21. The molecule has 174 valence electrons. The number of carbonyl (C=O) groups is 2. The number of nitrogens with zero attached hydrogens (tertiary/aromatic N) is 1. The summed E-state index contributed by atoms with van der Waals surface area (Å²) in [4.78, 5) is 27.8. The first-order valence-corrected chi connectivity index (χ1v) is 11.6. The Labute approximate surface area is 201 Å². The minimum Gasteiger partial charge on any atom is -0.494 e. The third-order valence-electron chi connectivity index (χ3n) is 4.80. The van der Waals surface area contributed by atoms with Gasteiger partial charge in [0.25, 0.3) is 0 Å². The summed E-state index contributed by atoms with van der Waals surface area (Å²) in [5.74, 6) is 0.420. The van der Waals surface area contributed by atoms with Crippen LogP contribution >= 0.6 is 23.2 Å². The summed E-state index contributed by atoms with van der Waals surface area (Å²) in [5.41, 5.74) is 0.415. The van der Waals surface area contributed by atoms with Gasteiger partial charge in [-0.25, -0.2) is 0 Å². The smallest absolute Gasteiger partial charge is 0.243 e. The van der Waals surface area contributed by atoms with E-state index in [1.54, 1.807) is 35.2 Å². The molecule has 0 spiro atoms. The molecule has 0 heterocycles. The number of rotatable bonds is 10. The topological polar surface area (TPSA) is 58.6 Å². The molecule has 0 aliphatic heterocycles. The quantitative estimate of drug-likeness (QED) is 0.434. The van der Waals surface area contributed by atoms with Gasteiger partial charge < -0.3 is 15.0 Å². The van der Waals surface area contributed by atoms with Crippen LogP contribution in [0, 0.1) is 0 Å². The van der Waals surface area contributed by atoms with Gasteiger partial charge in [-0.1, -0.05) is 48.3 Å². The molecule has 5 nitrogen and oxygen atoms in total. The van der Waals surface area contributed by atoms with Gasteiger partial charge >= 0.3 is 0 Å². The van der Waals surface area contributed by atoms with Gasteiger partial charge in [0.15, 0.2) is 0 Å². The Hall–Kier alpha value is -2.24. The molecule has 0 aliphatic rings. The highest BCUT2D eigenvalue weighted by molar-refractivity contribution is 6.31. The molecule has 0 bridgehead atoms. The van der Waals surface area contributed by atoms with Gasteiger partial charge in [0.05, 0.1) is 6.61 Å². The zero-order valence-corrected chi connectivity index (χ0v) is 20.7. The van der Waals surface area contributed by atoms with Crippen molar-refractivity contribution in [3.63, 3.8) is 0 Å². The van der Waals surface area contributed by atoms with Crippen molar-refractivity contribution >= 4 is 35.0 Å². The molecule has 2 aromatic carbocycles. The van der Waals surface area contributed by atoms with Crippen LogP contribution in [0.3, 0.4) is 0 Å². The molecule has 7 heteroatoms. The maximum Gasteiger partial charge on any atom is 0.243 e. The van der Waals surface area contributed by atoms with Gasteiger partial charge in [-0.05, 0) is 69.5 Å². The average Bonchev–Trinajstić information content (AvgIpc) is 2.72. The highest BCUT2D eigenvalue weighted by atomic mass is 35.5. The van der Waals surface area contributed by atoms with E-state index in [2.05, 4.69) is 5.32 Å². The van der Waals surface area contributed by atoms with Gasteiger partial charge in [-0.15, -0.1) is 0 Å². The highest BCUT2D eigenvalue weighted by Gasteiger charge is 2.30. The van der Waals surface area contributed by atoms with Crippen molar-refractivity contribution in [3.8, 4) is 5.75 Å². The Morgan fingerprint density at radius 1 is 1.06 bits per heavy atom. The average molecular weight is 479 g/mol. The van der Waals surface area contributed by atoms with Crippen LogP contribution in [0.1, 0.15) is 52.5 Å². The van der Waals surface area contributed by atoms with Crippen molar-refractivity contribution < 1.29 is 14.3 Å². The third kappa shape index (κ3) is 8.36. The lowest BCUT2D eigenvalue weighted by molar-refractivity contribution is -0.142. The molecular formula is C25H32Cl2N2O3. The molecule has 0 saturated carbocycles. The molecule has 32 heavy (non-hydrogen) atoms. The maximum absolute atomic E-state index is 13.2. The zero-order chi connectivity index (χ0) is 23.7. The van der Waals surface area contributed by atoms with Gasteiger partial charge in [-0.3, -0.25) is 9.59 Å². The van der Waals surface area contributed by atoms with Crippen molar-refractivity contribution in [2.24, 2.45) is 0 Å². The van der Waals surface area contributed by atoms with Crippen LogP contribution in [0.15, 0.2) is 48.5 Å². The number of nitrogens with one attached hydrogen (secondary N) is 1. The molecule has 2 aromatic rings. The largest absolute Gasteiger partial charge is 0.494 e. The molecule has 1 atom stereocenters. The van der Waals surface area contributed by atoms with Crippen LogP contribution < -0.4 is 10.1 Å². The van der Waals surface area contributed by atoms with E-state index in [0.717, 1.165) is 5.56 Å². The summed E-state index contributed by atoms with van der Waals surface area (Å²) in [6, 6.07) is 13.9. The molecule has 1 N–H and O–H groups in total. The summed E-state index contributed by atoms with van der Waals surface area (Å²) in [5, 5.41) is 4.21. The lowest BCUT2D eigenvalue weighted by atomic mass is 10.0. The van der Waals surface area contributed by atoms with Crippen LogP contribution in [-0.2, 0) is 16.1 Å². The molecule has 2 amide bonds. The van der Waals surface area contributed by atoms with Crippen LogP contribution in [-0.4, -0.2) is 34.9 Å². The van der Waals surface area contributed by atoms with E-state index in [1.807, 2.05) is 45.9 Å². The van der Waals surface area contributed by atoms with Crippen molar-refractivity contribution in [1.82, 2.24) is 10.2 Å². The van der Waals surface area contributed by atoms with E-state index in [4.69, 9.17) is 27.9 Å². The molecule has 0 unspecified atom stereocenters. The van der Waals surface area contributed by atoms with Gasteiger partial charge in [0.1, 0.15) is 11.8 Å². The Bertz CT molecular complexity index is 895. The second-order valence-electron chi connectivity index (χ2n) is 8.68. The Balaban J connectivity index is 2.09. The van der Waals surface area contributed by atoms with Crippen LogP contribution in [0.2, 0.25) is 10.0 Å². The number of hydrogen-bond donors (Lipinski definition) is 1. The second-order valence-corrected chi connectivity index (χ2v) is 9.53. The number of ether oxygens (including phenoxy) is 1. The van der Waals surface area contributed by atoms with Crippen molar-refractivity contribution in [2.75, 3.05) is 6.61 Å². The second kappa shape index (κ2) is 12.1. The SMILES string of the molecule is CC[C@@H](C(=O)NC(C)(C)C)N(Cc1ccccc1Cl)C(=O)CCCOc1ccc(Cl)cc1. The number of halogens is 2. The monoisotopic (exact) mass is 478 g/mol. The summed E-state index contributed by atoms with van der Waals surface area (Å²) in [7, 11) is 0. The van der Waals surface area contributed by atoms with E-state index in [9.17, 15) is 9.59 Å². The first kappa shape index (κ1) is 26.0. The standard InChI is InChI=1S/C25H32Cl2N2O3/c1-5-22(24(31)28-25(2,3)4)29(17-18-9-6-7-10-21(18)27)23(30)11-8-16-32-20-14-12-19(26)13-15-20/h6-7,9-10,12-15,22H,5,8,11,16-17H2,1-4H3,(H,28,31)/t22-/m0/s1. The van der Waals surface area contributed by atoms with E-state index in [0.29, 0.717) is 35.2 Å². The fourth-order valence-corrected chi connectivity index (χ4v) is 3.59. The first-order chi connectivity index (χ1) is 15.1. The fourth-order valence-electron chi connectivity index (χ4n) is 3.27. The molecule has 0 fully saturated rings. The fraction of sp³-hybridized carbons (Fsp3) is 0.440. The molecular weight excluding hydrogens is 447 g/mol. The lowest BCUT2D eigenvalue weighted by Crippen LogP contribution is -2.53. The predicted octanol–water partition coefficient (Wildman–Crippen LogP) is 5.87. The van der Waals surface area contributed by atoms with E-state index < -0.39 is 11.6 Å². The van der Waals surface area contributed by atoms with Crippen molar-refractivity contribution in [2.45, 2.75) is 65.1 Å².